The second-order valence-electron chi connectivity index (χ2n) is 3.41. The van der Waals surface area contributed by atoms with Crippen LogP contribution in [0, 0.1) is 0 Å². The van der Waals surface area contributed by atoms with E-state index in [0.29, 0.717) is 18.2 Å². The fourth-order valence-electron chi connectivity index (χ4n) is 1.37. The average molecular weight is 272 g/mol. The molecule has 0 aliphatic heterocycles. The van der Waals surface area contributed by atoms with Crippen LogP contribution >= 0.6 is 11.3 Å². The third-order valence-corrected chi connectivity index (χ3v) is 3.39. The zero-order valence-corrected chi connectivity index (χ0v) is 11.0. The molecule has 0 saturated heterocycles. The smallest absolute Gasteiger partial charge is 0.260 e. The zero-order valence-electron chi connectivity index (χ0n) is 10.2. The second kappa shape index (κ2) is 6.22. The number of rotatable bonds is 6. The molecule has 1 aromatic heterocycles. The molecule has 0 aliphatic carbocycles. The normalized spacial score (nSPS) is 10.1. The van der Waals surface area contributed by atoms with Gasteiger partial charge in [0.1, 0.15) is 9.88 Å². The predicted octanol–water partition coefficient (Wildman–Crippen LogP) is -0.153. The van der Waals surface area contributed by atoms with Crippen molar-refractivity contribution < 1.29 is 14.3 Å². The second-order valence-corrected chi connectivity index (χ2v) is 4.43. The van der Waals surface area contributed by atoms with Gasteiger partial charge in [-0.2, -0.15) is 0 Å². The van der Waals surface area contributed by atoms with Gasteiger partial charge in [0.25, 0.3) is 11.8 Å². The summed E-state index contributed by atoms with van der Waals surface area (Å²) in [4.78, 5) is 23.1. The first kappa shape index (κ1) is 14.3. The molecule has 1 heterocycles. The summed E-state index contributed by atoms with van der Waals surface area (Å²) in [5.41, 5.74) is 11.3. The van der Waals surface area contributed by atoms with Gasteiger partial charge < -0.3 is 26.8 Å². The number of amides is 2. The lowest BCUT2D eigenvalue weighted by Gasteiger charge is -2.06. The van der Waals surface area contributed by atoms with E-state index in [2.05, 4.69) is 10.6 Å². The van der Waals surface area contributed by atoms with Crippen LogP contribution in [0.4, 0.5) is 10.7 Å². The van der Waals surface area contributed by atoms with E-state index in [0.717, 1.165) is 11.3 Å². The molecule has 6 N–H and O–H groups in total. The maximum atomic E-state index is 11.7. The molecule has 1 aromatic rings. The standard InChI is InChI=1S/C10H16N4O3S/c1-13-9(16)5-6(11)7(8(12)15)18-10(5)14-3-4-17-2/h14H,3-4,11H2,1-2H3,(H2,12,15)(H,13,16). The first-order valence-electron chi connectivity index (χ1n) is 5.19. The number of ether oxygens (including phenoxy) is 1. The predicted molar refractivity (Wildman–Crippen MR) is 71.0 cm³/mol. The lowest BCUT2D eigenvalue weighted by molar-refractivity contribution is 0.0964. The topological polar surface area (TPSA) is 119 Å². The lowest BCUT2D eigenvalue weighted by atomic mass is 10.2. The Kier molecular flexibility index (Phi) is 4.93. The SMILES string of the molecule is CNC(=O)c1c(NCCOC)sc(C(N)=O)c1N. The summed E-state index contributed by atoms with van der Waals surface area (Å²) in [5, 5.41) is 5.97. The Labute approximate surface area is 108 Å². The van der Waals surface area contributed by atoms with E-state index in [1.807, 2.05) is 0 Å². The molecule has 0 aliphatic rings. The van der Waals surface area contributed by atoms with Crippen molar-refractivity contribution in [2.24, 2.45) is 5.73 Å². The van der Waals surface area contributed by atoms with Crippen LogP contribution in [0.1, 0.15) is 20.0 Å². The molecular weight excluding hydrogens is 256 g/mol. The number of carbonyl (C=O) groups is 2. The molecule has 0 saturated carbocycles. The van der Waals surface area contributed by atoms with Crippen LogP contribution in [0.25, 0.3) is 0 Å². The summed E-state index contributed by atoms with van der Waals surface area (Å²) in [6.07, 6.45) is 0. The average Bonchev–Trinajstić information content (AvgIpc) is 2.66. The summed E-state index contributed by atoms with van der Waals surface area (Å²) in [6, 6.07) is 0. The Morgan fingerprint density at radius 1 is 1.44 bits per heavy atom. The van der Waals surface area contributed by atoms with Crippen molar-refractivity contribution in [3.63, 3.8) is 0 Å². The number of nitrogen functional groups attached to an aromatic ring is 1. The molecule has 0 aromatic carbocycles. The first-order valence-corrected chi connectivity index (χ1v) is 6.01. The highest BCUT2D eigenvalue weighted by atomic mass is 32.1. The van der Waals surface area contributed by atoms with Crippen LogP contribution in [0.3, 0.4) is 0 Å². The van der Waals surface area contributed by atoms with Gasteiger partial charge in [0, 0.05) is 20.7 Å². The van der Waals surface area contributed by atoms with Gasteiger partial charge in [0.15, 0.2) is 0 Å². The van der Waals surface area contributed by atoms with E-state index in [4.69, 9.17) is 16.2 Å². The number of methoxy groups -OCH3 is 1. The highest BCUT2D eigenvalue weighted by Gasteiger charge is 2.23. The number of hydrogen-bond acceptors (Lipinski definition) is 6. The molecule has 7 nitrogen and oxygen atoms in total. The molecule has 8 heteroatoms. The Balaban J connectivity index is 3.09. The lowest BCUT2D eigenvalue weighted by Crippen LogP contribution is -2.21. The van der Waals surface area contributed by atoms with Crippen LogP contribution in [0.2, 0.25) is 0 Å². The number of thiophene rings is 1. The van der Waals surface area contributed by atoms with Crippen molar-refractivity contribution in [2.75, 3.05) is 38.4 Å². The van der Waals surface area contributed by atoms with Crippen molar-refractivity contribution in [2.45, 2.75) is 0 Å². The van der Waals surface area contributed by atoms with Crippen LogP contribution in [-0.2, 0) is 4.74 Å². The molecule has 0 spiro atoms. The molecule has 2 amide bonds. The number of carbonyl (C=O) groups excluding carboxylic acids is 2. The maximum absolute atomic E-state index is 11.7. The van der Waals surface area contributed by atoms with Gasteiger partial charge in [-0.15, -0.1) is 11.3 Å². The van der Waals surface area contributed by atoms with Gasteiger partial charge in [-0.25, -0.2) is 0 Å². The van der Waals surface area contributed by atoms with Gasteiger partial charge in [-0.05, 0) is 0 Å². The van der Waals surface area contributed by atoms with Gasteiger partial charge in [-0.3, -0.25) is 9.59 Å². The summed E-state index contributed by atoms with van der Waals surface area (Å²) in [6.45, 7) is 0.968. The van der Waals surface area contributed by atoms with Crippen molar-refractivity contribution >= 4 is 33.8 Å². The zero-order chi connectivity index (χ0) is 13.7. The van der Waals surface area contributed by atoms with Crippen molar-refractivity contribution in [3.05, 3.63) is 10.4 Å². The van der Waals surface area contributed by atoms with Gasteiger partial charge in [0.05, 0.1) is 17.9 Å². The van der Waals surface area contributed by atoms with E-state index >= 15 is 0 Å². The molecule has 1 rings (SSSR count). The monoisotopic (exact) mass is 272 g/mol. The van der Waals surface area contributed by atoms with E-state index in [1.165, 1.54) is 7.05 Å². The Bertz CT molecular complexity index is 458. The number of primary amides is 1. The van der Waals surface area contributed by atoms with Crippen LogP contribution in [-0.4, -0.2) is 39.1 Å². The third-order valence-electron chi connectivity index (χ3n) is 2.21. The van der Waals surface area contributed by atoms with Crippen LogP contribution in [0.15, 0.2) is 0 Å². The molecular formula is C10H16N4O3S. The quantitative estimate of drug-likeness (QED) is 0.537. The van der Waals surface area contributed by atoms with E-state index in [1.54, 1.807) is 7.11 Å². The molecule has 0 atom stereocenters. The maximum Gasteiger partial charge on any atom is 0.260 e. The summed E-state index contributed by atoms with van der Waals surface area (Å²) in [5.74, 6) is -1.02. The van der Waals surface area contributed by atoms with Crippen LogP contribution in [0.5, 0.6) is 0 Å². The number of nitrogens with two attached hydrogens (primary N) is 2. The third kappa shape index (κ3) is 2.90. The number of anilines is 2. The first-order chi connectivity index (χ1) is 8.52. The minimum absolute atomic E-state index is 0.103. The van der Waals surface area contributed by atoms with Gasteiger partial charge in [0.2, 0.25) is 0 Å². The van der Waals surface area contributed by atoms with Gasteiger partial charge in [-0.1, -0.05) is 0 Å². The molecule has 0 radical (unpaired) electrons. The van der Waals surface area contributed by atoms with E-state index in [9.17, 15) is 9.59 Å². The fraction of sp³-hybridized carbons (Fsp3) is 0.400. The minimum atomic E-state index is -0.651. The highest BCUT2D eigenvalue weighted by molar-refractivity contribution is 7.19. The Morgan fingerprint density at radius 2 is 2.11 bits per heavy atom. The molecule has 0 fully saturated rings. The number of hydrogen-bond donors (Lipinski definition) is 4. The highest BCUT2D eigenvalue weighted by Crippen LogP contribution is 2.35. The van der Waals surface area contributed by atoms with E-state index in [-0.39, 0.29) is 22.0 Å². The largest absolute Gasteiger partial charge is 0.397 e. The van der Waals surface area contributed by atoms with E-state index < -0.39 is 5.91 Å². The Hall–Kier alpha value is -1.80. The molecule has 0 bridgehead atoms. The van der Waals surface area contributed by atoms with Crippen molar-refractivity contribution in [1.29, 1.82) is 0 Å². The van der Waals surface area contributed by atoms with Crippen LogP contribution < -0.4 is 22.1 Å². The van der Waals surface area contributed by atoms with Crippen molar-refractivity contribution in [1.82, 2.24) is 5.32 Å². The fourth-order valence-corrected chi connectivity index (χ4v) is 2.36. The molecule has 0 unspecified atom stereocenters. The summed E-state index contributed by atoms with van der Waals surface area (Å²) in [7, 11) is 3.06. The number of nitrogens with one attached hydrogen (secondary N) is 2. The van der Waals surface area contributed by atoms with Gasteiger partial charge >= 0.3 is 0 Å². The minimum Gasteiger partial charge on any atom is -0.397 e. The summed E-state index contributed by atoms with van der Waals surface area (Å²) < 4.78 is 4.89. The molecule has 100 valence electrons. The molecule has 18 heavy (non-hydrogen) atoms. The summed E-state index contributed by atoms with van der Waals surface area (Å²) >= 11 is 1.06. The van der Waals surface area contributed by atoms with Crippen molar-refractivity contribution in [3.8, 4) is 0 Å². The Morgan fingerprint density at radius 3 is 2.61 bits per heavy atom.